The van der Waals surface area contributed by atoms with Crippen molar-refractivity contribution in [2.75, 3.05) is 24.7 Å². The fraction of sp³-hybridized carbons (Fsp3) is 0.455. The molecule has 0 spiro atoms. The summed E-state index contributed by atoms with van der Waals surface area (Å²) in [5.74, 6) is 1.09. The Labute approximate surface area is 102 Å². The SMILES string of the molecule is CCS(=O)(=O)Nc1cc(OC)c(C)cc1OC. The Morgan fingerprint density at radius 1 is 1.18 bits per heavy atom. The zero-order valence-corrected chi connectivity index (χ0v) is 11.2. The molecule has 1 rings (SSSR count). The normalized spacial score (nSPS) is 11.1. The molecule has 1 aromatic carbocycles. The van der Waals surface area contributed by atoms with Gasteiger partial charge in [0.2, 0.25) is 10.0 Å². The molecule has 0 fully saturated rings. The van der Waals surface area contributed by atoms with Crippen LogP contribution < -0.4 is 14.2 Å². The lowest BCUT2D eigenvalue weighted by Gasteiger charge is -2.14. The van der Waals surface area contributed by atoms with Gasteiger partial charge in [-0.25, -0.2) is 8.42 Å². The van der Waals surface area contributed by atoms with Crippen molar-refractivity contribution in [3.8, 4) is 11.5 Å². The van der Waals surface area contributed by atoms with Gasteiger partial charge in [-0.2, -0.15) is 0 Å². The molecule has 6 heteroatoms. The number of hydrogen-bond donors (Lipinski definition) is 1. The Morgan fingerprint density at radius 2 is 1.76 bits per heavy atom. The molecule has 5 nitrogen and oxygen atoms in total. The maximum absolute atomic E-state index is 11.5. The van der Waals surface area contributed by atoms with Crippen LogP contribution in [0.2, 0.25) is 0 Å². The molecule has 1 N–H and O–H groups in total. The summed E-state index contributed by atoms with van der Waals surface area (Å²) in [4.78, 5) is 0. The number of methoxy groups -OCH3 is 2. The highest BCUT2D eigenvalue weighted by atomic mass is 32.2. The van der Waals surface area contributed by atoms with Gasteiger partial charge >= 0.3 is 0 Å². The molecule has 17 heavy (non-hydrogen) atoms. The van der Waals surface area contributed by atoms with Crippen LogP contribution in [-0.2, 0) is 10.0 Å². The summed E-state index contributed by atoms with van der Waals surface area (Å²) in [5, 5.41) is 0. The van der Waals surface area contributed by atoms with Gasteiger partial charge in [0.1, 0.15) is 11.5 Å². The third kappa shape index (κ3) is 3.26. The van der Waals surface area contributed by atoms with Crippen molar-refractivity contribution in [3.05, 3.63) is 17.7 Å². The van der Waals surface area contributed by atoms with Crippen LogP contribution in [0.15, 0.2) is 12.1 Å². The average Bonchev–Trinajstić information content (AvgIpc) is 2.30. The van der Waals surface area contributed by atoms with Crippen molar-refractivity contribution in [1.29, 1.82) is 0 Å². The fourth-order valence-electron chi connectivity index (χ4n) is 1.37. The molecule has 1 aromatic rings. The molecule has 0 aliphatic heterocycles. The number of sulfonamides is 1. The fourth-order valence-corrected chi connectivity index (χ4v) is 2.01. The number of hydrogen-bond acceptors (Lipinski definition) is 4. The smallest absolute Gasteiger partial charge is 0.232 e. The molecule has 0 saturated heterocycles. The lowest BCUT2D eigenvalue weighted by atomic mass is 10.2. The first-order valence-electron chi connectivity index (χ1n) is 5.16. The summed E-state index contributed by atoms with van der Waals surface area (Å²) >= 11 is 0. The molecule has 0 heterocycles. The first-order chi connectivity index (χ1) is 7.93. The number of nitrogens with one attached hydrogen (secondary N) is 1. The van der Waals surface area contributed by atoms with Gasteiger partial charge in [0.25, 0.3) is 0 Å². The highest BCUT2D eigenvalue weighted by Gasteiger charge is 2.13. The van der Waals surface area contributed by atoms with Gasteiger partial charge in [-0.05, 0) is 25.5 Å². The van der Waals surface area contributed by atoms with Crippen LogP contribution >= 0.6 is 0 Å². The van der Waals surface area contributed by atoms with E-state index in [1.54, 1.807) is 19.1 Å². The summed E-state index contributed by atoms with van der Waals surface area (Å²) in [7, 11) is -0.303. The van der Waals surface area contributed by atoms with Crippen molar-refractivity contribution in [3.63, 3.8) is 0 Å². The van der Waals surface area contributed by atoms with E-state index in [4.69, 9.17) is 9.47 Å². The predicted molar refractivity (Wildman–Crippen MR) is 67.4 cm³/mol. The van der Waals surface area contributed by atoms with Gasteiger partial charge in [-0.3, -0.25) is 4.72 Å². The largest absolute Gasteiger partial charge is 0.496 e. The number of aryl methyl sites for hydroxylation is 1. The standard InChI is InChI=1S/C11H17NO4S/c1-5-17(13,14)12-9-7-10(15-3)8(2)6-11(9)16-4/h6-7,12H,5H2,1-4H3. The minimum absolute atomic E-state index is 0.00630. The summed E-state index contributed by atoms with van der Waals surface area (Å²) in [5.41, 5.74) is 1.26. The Bertz CT molecular complexity index is 496. The van der Waals surface area contributed by atoms with Gasteiger partial charge in [0, 0.05) is 6.07 Å². The molecule has 0 aliphatic carbocycles. The van der Waals surface area contributed by atoms with Crippen LogP contribution in [0, 0.1) is 6.92 Å². The molecule has 0 aromatic heterocycles. The molecule has 0 unspecified atom stereocenters. The summed E-state index contributed by atoms with van der Waals surface area (Å²) in [6.45, 7) is 3.43. The third-order valence-electron chi connectivity index (χ3n) is 2.36. The number of ether oxygens (including phenoxy) is 2. The average molecular weight is 259 g/mol. The molecule has 0 atom stereocenters. The van der Waals surface area contributed by atoms with Gasteiger partial charge in [-0.15, -0.1) is 0 Å². The van der Waals surface area contributed by atoms with Crippen LogP contribution in [0.5, 0.6) is 11.5 Å². The Morgan fingerprint density at radius 3 is 2.24 bits per heavy atom. The first kappa shape index (κ1) is 13.6. The van der Waals surface area contributed by atoms with E-state index in [0.717, 1.165) is 5.56 Å². The minimum atomic E-state index is -3.33. The second-order valence-electron chi connectivity index (χ2n) is 3.53. The highest BCUT2D eigenvalue weighted by Crippen LogP contribution is 2.32. The Kier molecular flexibility index (Phi) is 4.22. The van der Waals surface area contributed by atoms with Crippen molar-refractivity contribution in [2.45, 2.75) is 13.8 Å². The predicted octanol–water partition coefficient (Wildman–Crippen LogP) is 1.77. The van der Waals surface area contributed by atoms with Crippen molar-refractivity contribution < 1.29 is 17.9 Å². The van der Waals surface area contributed by atoms with E-state index in [1.807, 2.05) is 6.92 Å². The number of rotatable bonds is 5. The van der Waals surface area contributed by atoms with Gasteiger partial charge in [-0.1, -0.05) is 0 Å². The van der Waals surface area contributed by atoms with E-state index in [2.05, 4.69) is 4.72 Å². The van der Waals surface area contributed by atoms with E-state index in [1.165, 1.54) is 14.2 Å². The van der Waals surface area contributed by atoms with Crippen molar-refractivity contribution in [2.24, 2.45) is 0 Å². The monoisotopic (exact) mass is 259 g/mol. The molecular formula is C11H17NO4S. The van der Waals surface area contributed by atoms with Crippen molar-refractivity contribution >= 4 is 15.7 Å². The van der Waals surface area contributed by atoms with Crippen LogP contribution in [0.1, 0.15) is 12.5 Å². The summed E-state index contributed by atoms with van der Waals surface area (Å²) < 4.78 is 35.8. The second-order valence-corrected chi connectivity index (χ2v) is 5.54. The molecule has 0 aliphatic rings. The zero-order chi connectivity index (χ0) is 13.1. The highest BCUT2D eigenvalue weighted by molar-refractivity contribution is 7.92. The first-order valence-corrected chi connectivity index (χ1v) is 6.81. The Hall–Kier alpha value is -1.43. The van der Waals surface area contributed by atoms with E-state index in [0.29, 0.717) is 17.2 Å². The maximum atomic E-state index is 11.5. The summed E-state index contributed by atoms with van der Waals surface area (Å²) in [6, 6.07) is 3.34. The molecule has 0 bridgehead atoms. The zero-order valence-electron chi connectivity index (χ0n) is 10.4. The quantitative estimate of drug-likeness (QED) is 0.875. The van der Waals surface area contributed by atoms with Crippen LogP contribution in [-0.4, -0.2) is 28.4 Å². The van der Waals surface area contributed by atoms with Gasteiger partial charge in [0.05, 0.1) is 25.7 Å². The molecule has 0 amide bonds. The molecule has 96 valence electrons. The van der Waals surface area contributed by atoms with E-state index < -0.39 is 10.0 Å². The van der Waals surface area contributed by atoms with Crippen LogP contribution in [0.25, 0.3) is 0 Å². The molecular weight excluding hydrogens is 242 g/mol. The van der Waals surface area contributed by atoms with Crippen LogP contribution in [0.3, 0.4) is 0 Å². The van der Waals surface area contributed by atoms with E-state index >= 15 is 0 Å². The second kappa shape index (κ2) is 5.27. The lowest BCUT2D eigenvalue weighted by Crippen LogP contribution is -2.15. The van der Waals surface area contributed by atoms with E-state index in [9.17, 15) is 8.42 Å². The minimum Gasteiger partial charge on any atom is -0.496 e. The Balaban J connectivity index is 3.22. The van der Waals surface area contributed by atoms with Crippen LogP contribution in [0.4, 0.5) is 5.69 Å². The maximum Gasteiger partial charge on any atom is 0.232 e. The number of benzene rings is 1. The number of anilines is 1. The van der Waals surface area contributed by atoms with Gasteiger partial charge in [0.15, 0.2) is 0 Å². The van der Waals surface area contributed by atoms with Gasteiger partial charge < -0.3 is 9.47 Å². The summed E-state index contributed by atoms with van der Waals surface area (Å²) in [6.07, 6.45) is 0. The van der Waals surface area contributed by atoms with E-state index in [-0.39, 0.29) is 5.75 Å². The topological polar surface area (TPSA) is 64.6 Å². The lowest BCUT2D eigenvalue weighted by molar-refractivity contribution is 0.402. The van der Waals surface area contributed by atoms with Crippen molar-refractivity contribution in [1.82, 2.24) is 0 Å². The third-order valence-corrected chi connectivity index (χ3v) is 3.65. The molecule has 0 radical (unpaired) electrons. The molecule has 0 saturated carbocycles.